The fourth-order valence-corrected chi connectivity index (χ4v) is 5.08. The van der Waals surface area contributed by atoms with Crippen molar-refractivity contribution in [1.82, 2.24) is 14.4 Å². The van der Waals surface area contributed by atoms with Crippen LogP contribution in [0.1, 0.15) is 48.2 Å². The third kappa shape index (κ3) is 3.68. The molecule has 27 heavy (non-hydrogen) atoms. The molecule has 2 aliphatic rings. The van der Waals surface area contributed by atoms with Crippen molar-refractivity contribution >= 4 is 5.91 Å². The quantitative estimate of drug-likeness (QED) is 0.829. The van der Waals surface area contributed by atoms with Crippen LogP contribution in [0.2, 0.25) is 0 Å². The molecule has 0 bridgehead atoms. The van der Waals surface area contributed by atoms with Gasteiger partial charge >= 0.3 is 0 Å². The topological polar surface area (TPSA) is 28.5 Å². The normalized spacial score (nSPS) is 22.9. The van der Waals surface area contributed by atoms with Crippen LogP contribution in [0.5, 0.6) is 0 Å². The Hall–Kier alpha value is -2.07. The summed E-state index contributed by atoms with van der Waals surface area (Å²) >= 11 is 0. The Morgan fingerprint density at radius 2 is 1.85 bits per heavy atom. The molecule has 1 amide bonds. The molecule has 2 saturated heterocycles. The maximum atomic E-state index is 12.9. The molecule has 4 nitrogen and oxygen atoms in total. The van der Waals surface area contributed by atoms with Gasteiger partial charge in [0.1, 0.15) is 5.69 Å². The Bertz CT molecular complexity index is 774. The number of carbonyl (C=O) groups is 1. The van der Waals surface area contributed by atoms with Crippen LogP contribution in [0.4, 0.5) is 0 Å². The minimum Gasteiger partial charge on any atom is -0.347 e. The van der Waals surface area contributed by atoms with Gasteiger partial charge < -0.3 is 14.4 Å². The maximum Gasteiger partial charge on any atom is 0.270 e. The van der Waals surface area contributed by atoms with Gasteiger partial charge in [-0.2, -0.15) is 0 Å². The lowest BCUT2D eigenvalue weighted by molar-refractivity contribution is 0.0155. The van der Waals surface area contributed by atoms with E-state index >= 15 is 0 Å². The van der Waals surface area contributed by atoms with Gasteiger partial charge in [0.25, 0.3) is 5.91 Å². The minimum absolute atomic E-state index is 0.181. The first-order valence-electron chi connectivity index (χ1n) is 10.3. The summed E-state index contributed by atoms with van der Waals surface area (Å²) in [6.45, 7) is 7.48. The van der Waals surface area contributed by atoms with Crippen LogP contribution in [0.25, 0.3) is 0 Å². The van der Waals surface area contributed by atoms with Crippen molar-refractivity contribution in [2.45, 2.75) is 32.1 Å². The van der Waals surface area contributed by atoms with Gasteiger partial charge in [0.15, 0.2) is 0 Å². The fraction of sp³-hybridized carbons (Fsp3) is 0.522. The van der Waals surface area contributed by atoms with E-state index in [2.05, 4.69) is 47.1 Å². The number of piperidine rings is 2. The van der Waals surface area contributed by atoms with E-state index in [9.17, 15) is 4.79 Å². The van der Waals surface area contributed by atoms with Crippen molar-refractivity contribution in [3.63, 3.8) is 0 Å². The standard InChI is InChI=1S/C23H31N3O/c1-3-25-17-20(19-8-5-4-6-9-19)16-23(18-25)11-14-26(15-12-23)22(27)21-10-7-13-24(21)2/h4-10,13,20H,3,11-12,14-18H2,1-2H3/t20-/m1/s1. The highest BCUT2D eigenvalue weighted by molar-refractivity contribution is 5.92. The van der Waals surface area contributed by atoms with E-state index in [0.29, 0.717) is 11.3 Å². The average molecular weight is 366 g/mol. The highest BCUT2D eigenvalue weighted by atomic mass is 16.2. The van der Waals surface area contributed by atoms with Gasteiger partial charge in [0, 0.05) is 39.4 Å². The average Bonchev–Trinajstić information content (AvgIpc) is 3.14. The van der Waals surface area contributed by atoms with Crippen molar-refractivity contribution in [2.24, 2.45) is 12.5 Å². The number of rotatable bonds is 3. The molecule has 2 aliphatic heterocycles. The first kappa shape index (κ1) is 18.3. The zero-order valence-electron chi connectivity index (χ0n) is 16.6. The van der Waals surface area contributed by atoms with E-state index in [-0.39, 0.29) is 5.91 Å². The Labute approximate surface area is 162 Å². The molecule has 0 saturated carbocycles. The first-order chi connectivity index (χ1) is 13.1. The summed E-state index contributed by atoms with van der Waals surface area (Å²) in [7, 11) is 1.95. The molecule has 1 spiro atoms. The summed E-state index contributed by atoms with van der Waals surface area (Å²) in [5, 5.41) is 0. The van der Waals surface area contributed by atoms with Crippen molar-refractivity contribution in [3.8, 4) is 0 Å². The summed E-state index contributed by atoms with van der Waals surface area (Å²) in [5.41, 5.74) is 2.61. The maximum absolute atomic E-state index is 12.9. The van der Waals surface area contributed by atoms with Crippen LogP contribution in [0.3, 0.4) is 0 Å². The van der Waals surface area contributed by atoms with Gasteiger partial charge in [-0.15, -0.1) is 0 Å². The Morgan fingerprint density at radius 3 is 2.48 bits per heavy atom. The van der Waals surface area contributed by atoms with E-state index in [1.807, 2.05) is 29.9 Å². The third-order valence-electron chi connectivity index (χ3n) is 6.71. The predicted molar refractivity (Wildman–Crippen MR) is 109 cm³/mol. The van der Waals surface area contributed by atoms with E-state index in [1.165, 1.54) is 18.5 Å². The Balaban J connectivity index is 1.47. The Kier molecular flexibility index (Phi) is 5.09. The van der Waals surface area contributed by atoms with Crippen LogP contribution in [0.15, 0.2) is 48.7 Å². The van der Waals surface area contributed by atoms with E-state index < -0.39 is 0 Å². The van der Waals surface area contributed by atoms with Crippen LogP contribution >= 0.6 is 0 Å². The van der Waals surface area contributed by atoms with E-state index in [1.54, 1.807) is 0 Å². The fourth-order valence-electron chi connectivity index (χ4n) is 5.08. The third-order valence-corrected chi connectivity index (χ3v) is 6.71. The number of aryl methyl sites for hydroxylation is 1. The van der Waals surface area contributed by atoms with Gasteiger partial charge in [-0.05, 0) is 54.8 Å². The van der Waals surface area contributed by atoms with Gasteiger partial charge in [-0.3, -0.25) is 4.79 Å². The number of aromatic nitrogens is 1. The smallest absolute Gasteiger partial charge is 0.270 e. The summed E-state index contributed by atoms with van der Waals surface area (Å²) in [5.74, 6) is 0.787. The minimum atomic E-state index is 0.181. The SMILES string of the molecule is CCN1C[C@H](c2ccccc2)CC2(CCN(C(=O)c3cccn3C)CC2)C1. The summed E-state index contributed by atoms with van der Waals surface area (Å²) in [6.07, 6.45) is 5.43. The van der Waals surface area contributed by atoms with Crippen molar-refractivity contribution in [3.05, 3.63) is 59.9 Å². The summed E-state index contributed by atoms with van der Waals surface area (Å²) < 4.78 is 1.93. The molecular formula is C23H31N3O. The van der Waals surface area contributed by atoms with Crippen LogP contribution in [-0.2, 0) is 7.05 Å². The monoisotopic (exact) mass is 365 g/mol. The molecule has 0 unspecified atom stereocenters. The van der Waals surface area contributed by atoms with Gasteiger partial charge in [0.2, 0.25) is 0 Å². The van der Waals surface area contributed by atoms with Crippen molar-refractivity contribution in [2.75, 3.05) is 32.7 Å². The van der Waals surface area contributed by atoms with E-state index in [0.717, 1.165) is 44.7 Å². The number of nitrogens with zero attached hydrogens (tertiary/aromatic N) is 3. The first-order valence-corrected chi connectivity index (χ1v) is 10.3. The van der Waals surface area contributed by atoms with Crippen LogP contribution in [-0.4, -0.2) is 53.0 Å². The zero-order valence-corrected chi connectivity index (χ0v) is 16.6. The lowest BCUT2D eigenvalue weighted by Crippen LogP contribution is -2.52. The molecule has 0 radical (unpaired) electrons. The molecule has 3 heterocycles. The number of likely N-dealkylation sites (tertiary alicyclic amines) is 2. The number of benzene rings is 1. The highest BCUT2D eigenvalue weighted by Crippen LogP contribution is 2.45. The van der Waals surface area contributed by atoms with E-state index in [4.69, 9.17) is 0 Å². The molecule has 1 aromatic heterocycles. The Morgan fingerprint density at radius 1 is 1.11 bits per heavy atom. The molecule has 144 valence electrons. The molecular weight excluding hydrogens is 334 g/mol. The molecule has 1 atom stereocenters. The lowest BCUT2D eigenvalue weighted by Gasteiger charge is -2.50. The van der Waals surface area contributed by atoms with Gasteiger partial charge in [-0.25, -0.2) is 0 Å². The number of hydrogen-bond acceptors (Lipinski definition) is 2. The van der Waals surface area contributed by atoms with Gasteiger partial charge in [0.05, 0.1) is 0 Å². The molecule has 2 fully saturated rings. The van der Waals surface area contributed by atoms with Crippen molar-refractivity contribution in [1.29, 1.82) is 0 Å². The molecule has 4 heteroatoms. The summed E-state index contributed by atoms with van der Waals surface area (Å²) in [4.78, 5) is 17.5. The highest BCUT2D eigenvalue weighted by Gasteiger charge is 2.42. The molecule has 2 aromatic rings. The lowest BCUT2D eigenvalue weighted by atomic mass is 9.68. The summed E-state index contributed by atoms with van der Waals surface area (Å²) in [6, 6.07) is 14.9. The second-order valence-electron chi connectivity index (χ2n) is 8.44. The molecule has 1 aromatic carbocycles. The number of likely N-dealkylation sites (N-methyl/N-ethyl adjacent to an activating group) is 1. The number of carbonyl (C=O) groups excluding carboxylic acids is 1. The molecule has 4 rings (SSSR count). The second kappa shape index (κ2) is 7.51. The number of amides is 1. The molecule has 0 aliphatic carbocycles. The largest absolute Gasteiger partial charge is 0.347 e. The van der Waals surface area contributed by atoms with Crippen molar-refractivity contribution < 1.29 is 4.79 Å². The van der Waals surface area contributed by atoms with Gasteiger partial charge in [-0.1, -0.05) is 37.3 Å². The second-order valence-corrected chi connectivity index (χ2v) is 8.44. The van der Waals surface area contributed by atoms with Crippen LogP contribution in [0, 0.1) is 5.41 Å². The predicted octanol–water partition coefficient (Wildman–Crippen LogP) is 3.76. The van der Waals surface area contributed by atoms with Crippen LogP contribution < -0.4 is 0 Å². The molecule has 0 N–H and O–H groups in total. The number of hydrogen-bond donors (Lipinski definition) is 0. The zero-order chi connectivity index (χ0) is 18.9.